The third-order valence-corrected chi connectivity index (χ3v) is 1.71. The summed E-state index contributed by atoms with van der Waals surface area (Å²) < 4.78 is 37.7. The lowest BCUT2D eigenvalue weighted by molar-refractivity contribution is -0.201. The smallest absolute Gasteiger partial charge is 0.269 e. The van der Waals surface area contributed by atoms with Crippen LogP contribution in [0.2, 0.25) is 0 Å². The minimum atomic E-state index is -4.56. The number of hydrogen-bond acceptors (Lipinski definition) is 2. The zero-order valence-electron chi connectivity index (χ0n) is 6.69. The summed E-state index contributed by atoms with van der Waals surface area (Å²) in [6.45, 7) is 0. The van der Waals surface area contributed by atoms with Crippen LogP contribution in [-0.2, 0) is 6.30 Å². The van der Waals surface area contributed by atoms with E-state index in [4.69, 9.17) is 0 Å². The van der Waals surface area contributed by atoms with Gasteiger partial charge in [-0.25, -0.2) is 9.55 Å². The summed E-state index contributed by atoms with van der Waals surface area (Å²) in [5, 5.41) is 0. The highest BCUT2D eigenvalue weighted by Crippen LogP contribution is 2.23. The quantitative estimate of drug-likeness (QED) is 0.640. The van der Waals surface area contributed by atoms with Crippen LogP contribution in [0.1, 0.15) is 0 Å². The Kier molecular flexibility index (Phi) is 1.63. The highest BCUT2D eigenvalue weighted by atomic mass is 19.4. The molecule has 7 heteroatoms. The van der Waals surface area contributed by atoms with Crippen molar-refractivity contribution in [2.75, 3.05) is 0 Å². The zero-order chi connectivity index (χ0) is 10.3. The van der Waals surface area contributed by atoms with E-state index >= 15 is 0 Å². The van der Waals surface area contributed by atoms with Gasteiger partial charge in [0.2, 0.25) is 5.78 Å². The van der Waals surface area contributed by atoms with Crippen molar-refractivity contribution in [3.05, 3.63) is 35.0 Å². The van der Waals surface area contributed by atoms with E-state index in [1.165, 1.54) is 0 Å². The van der Waals surface area contributed by atoms with Gasteiger partial charge in [0.25, 0.3) is 5.56 Å². The SMILES string of the molecule is O=c1ccnc2n(C(F)(F)F)ccn12. The molecule has 0 aliphatic rings. The minimum Gasteiger partial charge on any atom is -0.269 e. The lowest BCUT2D eigenvalue weighted by Crippen LogP contribution is -2.19. The summed E-state index contributed by atoms with van der Waals surface area (Å²) in [6, 6.07) is 1.09. The van der Waals surface area contributed by atoms with Gasteiger partial charge in [0.1, 0.15) is 0 Å². The summed E-state index contributed by atoms with van der Waals surface area (Å²) in [7, 11) is 0. The molecule has 0 amide bonds. The van der Waals surface area contributed by atoms with E-state index in [1.54, 1.807) is 0 Å². The van der Waals surface area contributed by atoms with Gasteiger partial charge in [-0.15, -0.1) is 13.2 Å². The molecule has 2 heterocycles. The Labute approximate surface area is 75.2 Å². The molecule has 0 bridgehead atoms. The van der Waals surface area contributed by atoms with Crippen molar-refractivity contribution >= 4 is 5.78 Å². The van der Waals surface area contributed by atoms with E-state index < -0.39 is 17.6 Å². The molecule has 14 heavy (non-hydrogen) atoms. The lowest BCUT2D eigenvalue weighted by Gasteiger charge is -2.06. The molecule has 2 aromatic rings. The van der Waals surface area contributed by atoms with Crippen LogP contribution in [0, 0.1) is 0 Å². The molecule has 0 saturated carbocycles. The summed E-state index contributed by atoms with van der Waals surface area (Å²) in [6.07, 6.45) is -1.74. The number of halogens is 3. The third-order valence-electron chi connectivity index (χ3n) is 1.71. The fourth-order valence-electron chi connectivity index (χ4n) is 1.13. The minimum absolute atomic E-state index is 0.0194. The second-order valence-electron chi connectivity index (χ2n) is 2.59. The number of imidazole rings is 1. The first-order valence-electron chi connectivity index (χ1n) is 3.62. The molecule has 2 rings (SSSR count). The third kappa shape index (κ3) is 1.17. The number of fused-ring (bicyclic) bond motifs is 1. The van der Waals surface area contributed by atoms with Gasteiger partial charge in [0.05, 0.1) is 0 Å². The van der Waals surface area contributed by atoms with Crippen LogP contribution >= 0.6 is 0 Å². The standard InChI is InChI=1S/C7H4F3N3O/c8-7(9,10)13-4-3-12-5(14)1-2-11-6(12)13/h1-4H. The molecular formula is C7H4F3N3O. The first-order valence-corrected chi connectivity index (χ1v) is 3.62. The van der Waals surface area contributed by atoms with Crippen molar-refractivity contribution in [2.45, 2.75) is 6.30 Å². The summed E-state index contributed by atoms with van der Waals surface area (Å²) in [4.78, 5) is 14.5. The maximum absolute atomic E-state index is 12.3. The topological polar surface area (TPSA) is 39.3 Å². The van der Waals surface area contributed by atoms with Crippen LogP contribution < -0.4 is 5.56 Å². The molecule has 0 aliphatic carbocycles. The van der Waals surface area contributed by atoms with E-state index in [0.29, 0.717) is 0 Å². The van der Waals surface area contributed by atoms with Gasteiger partial charge < -0.3 is 0 Å². The van der Waals surface area contributed by atoms with Crippen molar-refractivity contribution in [1.82, 2.24) is 14.0 Å². The van der Waals surface area contributed by atoms with Gasteiger partial charge >= 0.3 is 6.30 Å². The first kappa shape index (κ1) is 8.79. The van der Waals surface area contributed by atoms with Crippen molar-refractivity contribution in [3.8, 4) is 0 Å². The Morgan fingerprint density at radius 1 is 1.29 bits per heavy atom. The molecule has 0 saturated heterocycles. The predicted molar refractivity (Wildman–Crippen MR) is 40.8 cm³/mol. The Morgan fingerprint density at radius 3 is 2.64 bits per heavy atom. The Balaban J connectivity index is 2.83. The molecule has 0 radical (unpaired) electrons. The van der Waals surface area contributed by atoms with Crippen LogP contribution in [-0.4, -0.2) is 14.0 Å². The van der Waals surface area contributed by atoms with Gasteiger partial charge in [-0.2, -0.15) is 0 Å². The monoisotopic (exact) mass is 203 g/mol. The van der Waals surface area contributed by atoms with Crippen LogP contribution in [0.3, 0.4) is 0 Å². The summed E-state index contributed by atoms with van der Waals surface area (Å²) in [5.41, 5.74) is -0.544. The molecule has 74 valence electrons. The molecule has 2 aromatic heterocycles. The van der Waals surface area contributed by atoms with Gasteiger partial charge in [0, 0.05) is 24.7 Å². The molecule has 0 atom stereocenters. The van der Waals surface area contributed by atoms with Crippen molar-refractivity contribution in [2.24, 2.45) is 0 Å². The normalized spacial score (nSPS) is 12.2. The zero-order valence-corrected chi connectivity index (χ0v) is 6.69. The van der Waals surface area contributed by atoms with E-state index in [-0.39, 0.29) is 4.57 Å². The Morgan fingerprint density at radius 2 is 2.00 bits per heavy atom. The number of hydrogen-bond donors (Lipinski definition) is 0. The highest BCUT2D eigenvalue weighted by Gasteiger charge is 2.32. The maximum Gasteiger partial charge on any atom is 0.491 e. The van der Waals surface area contributed by atoms with Crippen LogP contribution in [0.15, 0.2) is 29.5 Å². The van der Waals surface area contributed by atoms with E-state index in [2.05, 4.69) is 4.98 Å². The summed E-state index contributed by atoms with van der Waals surface area (Å²) >= 11 is 0. The number of aromatic nitrogens is 3. The van der Waals surface area contributed by atoms with Crippen molar-refractivity contribution in [3.63, 3.8) is 0 Å². The average Bonchev–Trinajstić information content (AvgIpc) is 2.47. The molecule has 0 fully saturated rings. The predicted octanol–water partition coefficient (Wildman–Crippen LogP) is 0.972. The first-order chi connectivity index (χ1) is 6.50. The highest BCUT2D eigenvalue weighted by molar-refractivity contribution is 5.29. The fraction of sp³-hybridized carbons (Fsp3) is 0.143. The number of nitrogens with zero attached hydrogens (tertiary/aromatic N) is 3. The lowest BCUT2D eigenvalue weighted by atomic mass is 10.6. The largest absolute Gasteiger partial charge is 0.491 e. The van der Waals surface area contributed by atoms with Gasteiger partial charge in [-0.3, -0.25) is 9.20 Å². The van der Waals surface area contributed by atoms with Crippen LogP contribution in [0.4, 0.5) is 13.2 Å². The molecule has 4 nitrogen and oxygen atoms in total. The van der Waals surface area contributed by atoms with Crippen LogP contribution in [0.25, 0.3) is 5.78 Å². The number of alkyl halides is 3. The molecule has 0 spiro atoms. The second-order valence-corrected chi connectivity index (χ2v) is 2.59. The van der Waals surface area contributed by atoms with E-state index in [0.717, 1.165) is 29.1 Å². The summed E-state index contributed by atoms with van der Waals surface area (Å²) in [5.74, 6) is -0.440. The Hall–Kier alpha value is -1.79. The Bertz CT molecular complexity index is 525. The van der Waals surface area contributed by atoms with Gasteiger partial charge in [-0.05, 0) is 0 Å². The fourth-order valence-corrected chi connectivity index (χ4v) is 1.13. The van der Waals surface area contributed by atoms with E-state index in [1.807, 2.05) is 0 Å². The maximum atomic E-state index is 12.3. The second kappa shape index (κ2) is 2.60. The molecule has 0 aliphatic heterocycles. The van der Waals surface area contributed by atoms with Gasteiger partial charge in [0.15, 0.2) is 0 Å². The average molecular weight is 203 g/mol. The van der Waals surface area contributed by atoms with Crippen LogP contribution in [0.5, 0.6) is 0 Å². The molecule has 0 N–H and O–H groups in total. The number of rotatable bonds is 0. The van der Waals surface area contributed by atoms with Crippen molar-refractivity contribution in [1.29, 1.82) is 0 Å². The molecule has 0 unspecified atom stereocenters. The molecule has 0 aromatic carbocycles. The van der Waals surface area contributed by atoms with Crippen molar-refractivity contribution < 1.29 is 13.2 Å². The van der Waals surface area contributed by atoms with E-state index in [9.17, 15) is 18.0 Å². The van der Waals surface area contributed by atoms with Gasteiger partial charge in [-0.1, -0.05) is 0 Å². The molecular weight excluding hydrogens is 199 g/mol.